The molecule has 2 aliphatic heterocycles. The van der Waals surface area contributed by atoms with Crippen LogP contribution in [0, 0.1) is 0 Å². The predicted molar refractivity (Wildman–Crippen MR) is 66.9 cm³/mol. The lowest BCUT2D eigenvalue weighted by Crippen LogP contribution is -2.34. The molecule has 2 fully saturated rings. The molecule has 2 heterocycles. The van der Waals surface area contributed by atoms with Crippen molar-refractivity contribution in [2.24, 2.45) is 0 Å². The second-order valence-corrected chi connectivity index (χ2v) is 5.38. The molecule has 2 aliphatic rings. The molecule has 0 unspecified atom stereocenters. The van der Waals surface area contributed by atoms with Gasteiger partial charge in [-0.1, -0.05) is 36.9 Å². The van der Waals surface area contributed by atoms with E-state index in [2.05, 4.69) is 6.58 Å². The monoisotopic (exact) mass is 244 g/mol. The van der Waals surface area contributed by atoms with Gasteiger partial charge in [0.2, 0.25) is 0 Å². The number of fused-ring (bicyclic) bond motifs is 1. The van der Waals surface area contributed by atoms with Gasteiger partial charge in [0.1, 0.15) is 6.10 Å². The average Bonchev–Trinajstić information content (AvgIpc) is 2.74. The highest BCUT2D eigenvalue weighted by atomic mass is 16.6. The lowest BCUT2D eigenvalue weighted by Gasteiger charge is -2.29. The number of hydrogen-bond donors (Lipinski definition) is 0. The van der Waals surface area contributed by atoms with Gasteiger partial charge < -0.3 is 9.47 Å². The quantitative estimate of drug-likeness (QED) is 0.562. The Bertz CT molecular complexity index is 518. The number of carbonyl (C=O) groups is 1. The van der Waals surface area contributed by atoms with Crippen molar-refractivity contribution < 1.29 is 14.3 Å². The van der Waals surface area contributed by atoms with Crippen molar-refractivity contribution in [1.29, 1.82) is 0 Å². The van der Waals surface area contributed by atoms with Crippen molar-refractivity contribution in [3.63, 3.8) is 0 Å². The molecule has 0 aliphatic carbocycles. The van der Waals surface area contributed by atoms with Gasteiger partial charge in [-0.2, -0.15) is 0 Å². The summed E-state index contributed by atoms with van der Waals surface area (Å²) in [5.74, 6) is -0.222. The summed E-state index contributed by atoms with van der Waals surface area (Å²) < 4.78 is 11.6. The SMILES string of the molecule is C=C1C(C)(C)O[C@H]2CC(=O)O[C@@]12c1ccccc1. The third kappa shape index (κ3) is 1.31. The van der Waals surface area contributed by atoms with E-state index in [-0.39, 0.29) is 18.5 Å². The number of carbonyl (C=O) groups excluding carboxylic acids is 1. The third-order valence-electron chi connectivity index (χ3n) is 3.89. The summed E-state index contributed by atoms with van der Waals surface area (Å²) in [6.45, 7) is 8.06. The van der Waals surface area contributed by atoms with Crippen molar-refractivity contribution in [2.45, 2.75) is 37.6 Å². The summed E-state index contributed by atoms with van der Waals surface area (Å²) >= 11 is 0. The Hall–Kier alpha value is -1.61. The first-order valence-electron chi connectivity index (χ1n) is 6.12. The fourth-order valence-electron chi connectivity index (χ4n) is 2.94. The topological polar surface area (TPSA) is 35.5 Å². The minimum Gasteiger partial charge on any atom is -0.447 e. The van der Waals surface area contributed by atoms with Gasteiger partial charge in [0.25, 0.3) is 0 Å². The molecule has 18 heavy (non-hydrogen) atoms. The van der Waals surface area contributed by atoms with Crippen LogP contribution in [0.4, 0.5) is 0 Å². The summed E-state index contributed by atoms with van der Waals surface area (Å²) in [7, 11) is 0. The van der Waals surface area contributed by atoms with E-state index in [0.29, 0.717) is 0 Å². The molecule has 0 saturated carbocycles. The van der Waals surface area contributed by atoms with Crippen LogP contribution in [0.25, 0.3) is 0 Å². The number of hydrogen-bond acceptors (Lipinski definition) is 3. The van der Waals surface area contributed by atoms with Gasteiger partial charge in [0.15, 0.2) is 5.60 Å². The lowest BCUT2D eigenvalue weighted by molar-refractivity contribution is -0.146. The van der Waals surface area contributed by atoms with Crippen LogP contribution in [0.3, 0.4) is 0 Å². The van der Waals surface area contributed by atoms with Crippen LogP contribution in [0.1, 0.15) is 25.8 Å². The normalized spacial score (nSPS) is 33.3. The van der Waals surface area contributed by atoms with Gasteiger partial charge in [0, 0.05) is 11.1 Å². The lowest BCUT2D eigenvalue weighted by atomic mass is 9.79. The fraction of sp³-hybridized carbons (Fsp3) is 0.400. The molecule has 0 amide bonds. The molecule has 0 N–H and O–H groups in total. The summed E-state index contributed by atoms with van der Waals surface area (Å²) in [5, 5.41) is 0. The van der Waals surface area contributed by atoms with Crippen molar-refractivity contribution in [3.05, 3.63) is 48.0 Å². The number of rotatable bonds is 1. The predicted octanol–water partition coefficient (Wildman–Crippen LogP) is 2.56. The summed E-state index contributed by atoms with van der Waals surface area (Å²) in [4.78, 5) is 11.6. The van der Waals surface area contributed by atoms with E-state index in [0.717, 1.165) is 11.1 Å². The summed E-state index contributed by atoms with van der Waals surface area (Å²) in [6.07, 6.45) is 0.0204. The molecule has 0 spiro atoms. The first-order chi connectivity index (χ1) is 8.47. The zero-order chi connectivity index (χ0) is 13.0. The number of benzene rings is 1. The maximum Gasteiger partial charge on any atom is 0.309 e. The molecule has 3 nitrogen and oxygen atoms in total. The molecule has 2 saturated heterocycles. The molecule has 1 aromatic carbocycles. The highest BCUT2D eigenvalue weighted by Crippen LogP contribution is 2.54. The Balaban J connectivity index is 2.17. The first-order valence-corrected chi connectivity index (χ1v) is 6.12. The van der Waals surface area contributed by atoms with Crippen LogP contribution in [-0.4, -0.2) is 17.7 Å². The van der Waals surface area contributed by atoms with Crippen LogP contribution < -0.4 is 0 Å². The third-order valence-corrected chi connectivity index (χ3v) is 3.89. The second kappa shape index (κ2) is 3.45. The first kappa shape index (κ1) is 11.5. The molecule has 2 atom stereocenters. The van der Waals surface area contributed by atoms with E-state index in [4.69, 9.17) is 9.47 Å². The van der Waals surface area contributed by atoms with Gasteiger partial charge in [-0.3, -0.25) is 4.79 Å². The minimum atomic E-state index is -0.804. The van der Waals surface area contributed by atoms with Gasteiger partial charge >= 0.3 is 5.97 Å². The molecule has 3 heteroatoms. The van der Waals surface area contributed by atoms with Gasteiger partial charge in [-0.05, 0) is 13.8 Å². The molecule has 1 aromatic rings. The minimum absolute atomic E-state index is 0.222. The fourth-order valence-corrected chi connectivity index (χ4v) is 2.94. The summed E-state index contributed by atoms with van der Waals surface area (Å²) in [6, 6.07) is 9.73. The van der Waals surface area contributed by atoms with Gasteiger partial charge in [-0.15, -0.1) is 0 Å². The zero-order valence-corrected chi connectivity index (χ0v) is 10.6. The number of esters is 1. The average molecular weight is 244 g/mol. The van der Waals surface area contributed by atoms with E-state index in [1.165, 1.54) is 0 Å². The van der Waals surface area contributed by atoms with Crippen LogP contribution >= 0.6 is 0 Å². The maximum atomic E-state index is 11.6. The maximum absolute atomic E-state index is 11.6. The standard InChI is InChI=1S/C15H16O3/c1-10-14(2,3)17-12-9-13(16)18-15(10,12)11-7-5-4-6-8-11/h4-8,12H,1,9H2,2-3H3/t12-,15+/m0/s1. The molecule has 0 aromatic heterocycles. The largest absolute Gasteiger partial charge is 0.447 e. The Morgan fingerprint density at radius 2 is 1.94 bits per heavy atom. The zero-order valence-electron chi connectivity index (χ0n) is 10.6. The molecular weight excluding hydrogens is 228 g/mol. The Morgan fingerprint density at radius 1 is 1.28 bits per heavy atom. The summed E-state index contributed by atoms with van der Waals surface area (Å²) in [5.41, 5.74) is 0.483. The number of ether oxygens (including phenoxy) is 2. The Morgan fingerprint density at radius 3 is 2.61 bits per heavy atom. The Labute approximate surface area is 106 Å². The van der Waals surface area contributed by atoms with Crippen molar-refractivity contribution in [1.82, 2.24) is 0 Å². The van der Waals surface area contributed by atoms with E-state index in [1.807, 2.05) is 44.2 Å². The van der Waals surface area contributed by atoms with E-state index >= 15 is 0 Å². The molecule has 94 valence electrons. The van der Waals surface area contributed by atoms with Crippen molar-refractivity contribution >= 4 is 5.97 Å². The van der Waals surface area contributed by atoms with Crippen molar-refractivity contribution in [3.8, 4) is 0 Å². The van der Waals surface area contributed by atoms with Crippen LogP contribution in [-0.2, 0) is 19.9 Å². The smallest absolute Gasteiger partial charge is 0.309 e. The highest BCUT2D eigenvalue weighted by Gasteiger charge is 2.63. The molecular formula is C15H16O3. The second-order valence-electron chi connectivity index (χ2n) is 5.38. The van der Waals surface area contributed by atoms with Crippen LogP contribution in [0.5, 0.6) is 0 Å². The highest BCUT2D eigenvalue weighted by molar-refractivity contribution is 5.76. The van der Waals surface area contributed by atoms with Gasteiger partial charge in [0.05, 0.1) is 12.0 Å². The van der Waals surface area contributed by atoms with Gasteiger partial charge in [-0.25, -0.2) is 0 Å². The Kier molecular flexibility index (Phi) is 2.20. The molecule has 3 rings (SSSR count). The molecule has 0 bridgehead atoms. The van der Waals surface area contributed by atoms with Crippen LogP contribution in [0.15, 0.2) is 42.5 Å². The van der Waals surface area contributed by atoms with E-state index in [1.54, 1.807) is 0 Å². The van der Waals surface area contributed by atoms with Crippen molar-refractivity contribution in [2.75, 3.05) is 0 Å². The molecule has 0 radical (unpaired) electrons. The van der Waals surface area contributed by atoms with Crippen LogP contribution in [0.2, 0.25) is 0 Å². The van der Waals surface area contributed by atoms with E-state index in [9.17, 15) is 4.79 Å². The van der Waals surface area contributed by atoms with E-state index < -0.39 is 11.2 Å².